The average molecular weight is 296 g/mol. The first kappa shape index (κ1) is 12.3. The van der Waals surface area contributed by atoms with E-state index in [0.29, 0.717) is 22.5 Å². The van der Waals surface area contributed by atoms with E-state index in [1.165, 1.54) is 0 Å². The first-order valence-electron chi connectivity index (χ1n) is 5.63. The second-order valence-electron chi connectivity index (χ2n) is 4.27. The molecule has 3 aromatic rings. The van der Waals surface area contributed by atoms with Gasteiger partial charge in [0.2, 0.25) is 5.95 Å². The second-order valence-corrected chi connectivity index (χ2v) is 5.08. The number of halogens is 2. The van der Waals surface area contributed by atoms with Crippen molar-refractivity contribution in [2.45, 2.75) is 6.54 Å². The summed E-state index contributed by atoms with van der Waals surface area (Å²) in [6, 6.07) is 3.48. The third-order valence-corrected chi connectivity index (χ3v) is 3.76. The summed E-state index contributed by atoms with van der Waals surface area (Å²) in [5.41, 5.74) is 7.51. The van der Waals surface area contributed by atoms with E-state index in [4.69, 9.17) is 28.9 Å². The van der Waals surface area contributed by atoms with Gasteiger partial charge in [-0.25, -0.2) is 9.97 Å². The fraction of sp³-hybridized carbons (Fsp3) is 0.167. The number of nitrogens with zero attached hydrogens (tertiary/aromatic N) is 4. The molecule has 0 saturated carbocycles. The van der Waals surface area contributed by atoms with E-state index in [-0.39, 0.29) is 0 Å². The van der Waals surface area contributed by atoms with Crippen LogP contribution in [0.2, 0.25) is 10.0 Å². The molecule has 0 saturated heterocycles. The molecule has 0 atom stereocenters. The molecule has 5 nitrogen and oxygen atoms in total. The van der Waals surface area contributed by atoms with E-state index in [1.807, 2.05) is 22.4 Å². The third kappa shape index (κ3) is 2.05. The molecule has 98 valence electrons. The van der Waals surface area contributed by atoms with Crippen molar-refractivity contribution in [2.24, 2.45) is 7.05 Å². The third-order valence-electron chi connectivity index (χ3n) is 3.04. The lowest BCUT2D eigenvalue weighted by Crippen LogP contribution is -2.08. The lowest BCUT2D eigenvalue weighted by atomic mass is 10.3. The Bertz CT molecular complexity index is 759. The number of fused-ring (bicyclic) bond motifs is 1. The van der Waals surface area contributed by atoms with E-state index in [0.717, 1.165) is 16.9 Å². The van der Waals surface area contributed by atoms with E-state index < -0.39 is 0 Å². The van der Waals surface area contributed by atoms with Crippen molar-refractivity contribution < 1.29 is 0 Å². The summed E-state index contributed by atoms with van der Waals surface area (Å²) in [7, 11) is 1.93. The normalized spacial score (nSPS) is 11.3. The molecule has 0 radical (unpaired) electrons. The Morgan fingerprint density at radius 1 is 1.26 bits per heavy atom. The molecule has 3 rings (SSSR count). The highest BCUT2D eigenvalue weighted by Gasteiger charge is 2.12. The zero-order valence-electron chi connectivity index (χ0n) is 10.1. The van der Waals surface area contributed by atoms with E-state index in [9.17, 15) is 0 Å². The van der Waals surface area contributed by atoms with Gasteiger partial charge in [0.05, 0.1) is 27.6 Å². The Kier molecular flexibility index (Phi) is 2.88. The van der Waals surface area contributed by atoms with Crippen LogP contribution in [0, 0.1) is 0 Å². The zero-order chi connectivity index (χ0) is 13.6. The number of aromatic nitrogens is 4. The fourth-order valence-electron chi connectivity index (χ4n) is 2.00. The second kappa shape index (κ2) is 4.43. The predicted molar refractivity (Wildman–Crippen MR) is 76.5 cm³/mol. The Hall–Kier alpha value is -1.72. The first-order valence-corrected chi connectivity index (χ1v) is 6.39. The van der Waals surface area contributed by atoms with Gasteiger partial charge in [-0.3, -0.25) is 0 Å². The van der Waals surface area contributed by atoms with Crippen LogP contribution in [0.15, 0.2) is 24.5 Å². The van der Waals surface area contributed by atoms with Crippen LogP contribution in [-0.2, 0) is 13.6 Å². The predicted octanol–water partition coefficient (Wildman–Crippen LogP) is 2.71. The van der Waals surface area contributed by atoms with Crippen molar-refractivity contribution in [1.82, 2.24) is 19.1 Å². The molecule has 2 aromatic heterocycles. The monoisotopic (exact) mass is 295 g/mol. The number of imidazole rings is 2. The Balaban J connectivity index is 2.15. The summed E-state index contributed by atoms with van der Waals surface area (Å²) >= 11 is 12.0. The number of aryl methyl sites for hydroxylation is 1. The van der Waals surface area contributed by atoms with Crippen molar-refractivity contribution in [1.29, 1.82) is 0 Å². The van der Waals surface area contributed by atoms with Gasteiger partial charge in [-0.15, -0.1) is 0 Å². The fourth-order valence-corrected chi connectivity index (χ4v) is 2.31. The van der Waals surface area contributed by atoms with Crippen LogP contribution in [-0.4, -0.2) is 19.1 Å². The molecule has 2 heterocycles. The van der Waals surface area contributed by atoms with Crippen molar-refractivity contribution in [3.63, 3.8) is 0 Å². The number of nitrogen functional groups attached to an aromatic ring is 1. The molecule has 0 amide bonds. The van der Waals surface area contributed by atoms with Crippen LogP contribution in [0.25, 0.3) is 11.0 Å². The van der Waals surface area contributed by atoms with E-state index in [2.05, 4.69) is 9.97 Å². The van der Waals surface area contributed by atoms with Crippen LogP contribution >= 0.6 is 23.2 Å². The highest BCUT2D eigenvalue weighted by molar-refractivity contribution is 6.42. The minimum absolute atomic E-state index is 0.413. The van der Waals surface area contributed by atoms with Crippen molar-refractivity contribution in [3.8, 4) is 0 Å². The number of nitrogens with two attached hydrogens (primary N) is 1. The smallest absolute Gasteiger partial charge is 0.201 e. The number of hydrogen-bond acceptors (Lipinski definition) is 3. The number of rotatable bonds is 2. The molecule has 2 N–H and O–H groups in total. The highest BCUT2D eigenvalue weighted by Crippen LogP contribution is 2.29. The minimum Gasteiger partial charge on any atom is -0.369 e. The maximum absolute atomic E-state index is 6.05. The molecular weight excluding hydrogens is 285 g/mol. The summed E-state index contributed by atoms with van der Waals surface area (Å²) < 4.78 is 3.79. The molecule has 0 unspecified atom stereocenters. The lowest BCUT2D eigenvalue weighted by Gasteiger charge is -2.07. The van der Waals surface area contributed by atoms with Gasteiger partial charge in [0.15, 0.2) is 0 Å². The van der Waals surface area contributed by atoms with E-state index >= 15 is 0 Å². The Morgan fingerprint density at radius 2 is 2.00 bits per heavy atom. The van der Waals surface area contributed by atoms with E-state index in [1.54, 1.807) is 18.3 Å². The maximum Gasteiger partial charge on any atom is 0.201 e. The van der Waals surface area contributed by atoms with Gasteiger partial charge in [0, 0.05) is 19.4 Å². The summed E-state index contributed by atoms with van der Waals surface area (Å²) in [6.45, 7) is 0.532. The Morgan fingerprint density at radius 3 is 2.68 bits per heavy atom. The van der Waals surface area contributed by atoms with Crippen molar-refractivity contribution in [2.75, 3.05) is 5.73 Å². The highest BCUT2D eigenvalue weighted by atomic mass is 35.5. The first-order chi connectivity index (χ1) is 9.06. The number of benzene rings is 1. The molecule has 0 aliphatic heterocycles. The summed E-state index contributed by atoms with van der Waals surface area (Å²) in [5.74, 6) is 1.30. The number of hydrogen-bond donors (Lipinski definition) is 1. The van der Waals surface area contributed by atoms with Gasteiger partial charge in [-0.05, 0) is 12.1 Å². The minimum atomic E-state index is 0.413. The van der Waals surface area contributed by atoms with Crippen LogP contribution in [0.5, 0.6) is 0 Å². The molecule has 1 aromatic carbocycles. The quantitative estimate of drug-likeness (QED) is 0.791. The zero-order valence-corrected chi connectivity index (χ0v) is 11.7. The summed E-state index contributed by atoms with van der Waals surface area (Å²) in [4.78, 5) is 8.56. The van der Waals surface area contributed by atoms with Crippen LogP contribution in [0.4, 0.5) is 5.95 Å². The summed E-state index contributed by atoms with van der Waals surface area (Å²) in [5, 5.41) is 0.950. The molecule has 19 heavy (non-hydrogen) atoms. The largest absolute Gasteiger partial charge is 0.369 e. The summed E-state index contributed by atoms with van der Waals surface area (Å²) in [6.07, 6.45) is 3.63. The maximum atomic E-state index is 6.05. The molecule has 0 aliphatic carbocycles. The van der Waals surface area contributed by atoms with Crippen LogP contribution in [0.3, 0.4) is 0 Å². The van der Waals surface area contributed by atoms with Gasteiger partial charge in [-0.2, -0.15) is 0 Å². The van der Waals surface area contributed by atoms with Gasteiger partial charge in [0.1, 0.15) is 5.82 Å². The molecule has 0 spiro atoms. The molecule has 0 bridgehead atoms. The SMILES string of the molecule is Cn1ccnc1Cn1c(N)nc2cc(Cl)c(Cl)cc21. The van der Waals surface area contributed by atoms with Crippen LogP contribution in [0.1, 0.15) is 5.82 Å². The van der Waals surface area contributed by atoms with Crippen molar-refractivity contribution >= 4 is 40.2 Å². The molecular formula is C12H11Cl2N5. The van der Waals surface area contributed by atoms with Gasteiger partial charge < -0.3 is 14.9 Å². The van der Waals surface area contributed by atoms with Crippen LogP contribution < -0.4 is 5.73 Å². The standard InChI is InChI=1S/C12H11Cl2N5/c1-18-3-2-16-11(18)6-19-10-5-8(14)7(13)4-9(10)17-12(19)15/h2-5H,6H2,1H3,(H2,15,17). The van der Waals surface area contributed by atoms with Gasteiger partial charge in [0.25, 0.3) is 0 Å². The molecule has 0 aliphatic rings. The van der Waals surface area contributed by atoms with Gasteiger partial charge >= 0.3 is 0 Å². The van der Waals surface area contributed by atoms with Gasteiger partial charge in [-0.1, -0.05) is 23.2 Å². The number of anilines is 1. The molecule has 7 heteroatoms. The van der Waals surface area contributed by atoms with Crippen molar-refractivity contribution in [3.05, 3.63) is 40.4 Å². The Labute approximate surface area is 119 Å². The molecule has 0 fully saturated rings. The average Bonchev–Trinajstić information content (AvgIpc) is 2.88. The topological polar surface area (TPSA) is 61.7 Å². The lowest BCUT2D eigenvalue weighted by molar-refractivity contribution is 0.720.